The van der Waals surface area contributed by atoms with Gasteiger partial charge in [-0.3, -0.25) is 19.2 Å². The fourth-order valence-electron chi connectivity index (χ4n) is 6.07. The number of sulfone groups is 1. The fourth-order valence-corrected chi connectivity index (χ4v) is 6.48. The Morgan fingerprint density at radius 3 is 2.49 bits per heavy atom. The second kappa shape index (κ2) is 11.8. The number of carbonyl (C=O) groups excluding carboxylic acids is 4. The zero-order valence-corrected chi connectivity index (χ0v) is 22.9. The van der Waals surface area contributed by atoms with Gasteiger partial charge in [0, 0.05) is 32.2 Å². The minimum absolute atomic E-state index is 0.0216. The van der Waals surface area contributed by atoms with E-state index in [0.717, 1.165) is 31.6 Å². The van der Waals surface area contributed by atoms with Crippen molar-refractivity contribution in [3.8, 4) is 0 Å². The van der Waals surface area contributed by atoms with E-state index in [4.69, 9.17) is 0 Å². The van der Waals surface area contributed by atoms with Gasteiger partial charge in [-0.05, 0) is 49.2 Å². The second-order valence-corrected chi connectivity index (χ2v) is 12.6. The zero-order chi connectivity index (χ0) is 28.3. The molecule has 10 nitrogen and oxygen atoms in total. The van der Waals surface area contributed by atoms with Crippen molar-refractivity contribution in [1.29, 1.82) is 0 Å². The molecule has 1 aromatic carbocycles. The summed E-state index contributed by atoms with van der Waals surface area (Å²) in [5.41, 5.74) is 0.581. The lowest BCUT2D eigenvalue weighted by Crippen LogP contribution is -2.53. The SMILES string of the molecule is CC(=O)N[C@H](C(=O)N1C[C@@H]2CCC[C@@H]2[C@H]1C(=O)N[C@@H](/C=C(/F)S(C)(=O)=O)C[C@@H]1CCNC1=O)c1ccccc1. The van der Waals surface area contributed by atoms with Crippen LogP contribution in [-0.2, 0) is 29.0 Å². The summed E-state index contributed by atoms with van der Waals surface area (Å²) in [6.07, 6.45) is 4.54. The molecular weight excluding hydrogens is 527 g/mol. The highest BCUT2D eigenvalue weighted by atomic mass is 32.2. The van der Waals surface area contributed by atoms with E-state index in [1.165, 1.54) is 11.8 Å². The van der Waals surface area contributed by atoms with Crippen molar-refractivity contribution in [1.82, 2.24) is 20.9 Å². The molecule has 1 saturated carbocycles. The minimum Gasteiger partial charge on any atom is -0.356 e. The molecule has 2 saturated heterocycles. The average Bonchev–Trinajstić information content (AvgIpc) is 3.58. The summed E-state index contributed by atoms with van der Waals surface area (Å²) in [6.45, 7) is 2.10. The quantitative estimate of drug-likeness (QED) is 0.415. The molecular formula is C27H35FN4O6S. The summed E-state index contributed by atoms with van der Waals surface area (Å²) in [5.74, 6) is -2.13. The molecule has 6 atom stereocenters. The maximum Gasteiger partial charge on any atom is 0.250 e. The van der Waals surface area contributed by atoms with Crippen LogP contribution < -0.4 is 16.0 Å². The molecule has 0 unspecified atom stereocenters. The number of benzene rings is 1. The number of nitrogens with zero attached hydrogens (tertiary/aromatic N) is 1. The predicted molar refractivity (Wildman–Crippen MR) is 141 cm³/mol. The van der Waals surface area contributed by atoms with Gasteiger partial charge in [-0.1, -0.05) is 36.8 Å². The van der Waals surface area contributed by atoms with Crippen molar-refractivity contribution < 1.29 is 32.0 Å². The Hall–Kier alpha value is -3.28. The summed E-state index contributed by atoms with van der Waals surface area (Å²) in [5, 5.41) is 6.75. The molecule has 3 N–H and O–H groups in total. The van der Waals surface area contributed by atoms with Gasteiger partial charge in [0.2, 0.25) is 32.7 Å². The first-order valence-electron chi connectivity index (χ1n) is 13.2. The van der Waals surface area contributed by atoms with Gasteiger partial charge < -0.3 is 20.9 Å². The van der Waals surface area contributed by atoms with E-state index in [1.807, 2.05) is 0 Å². The molecule has 4 rings (SSSR count). The van der Waals surface area contributed by atoms with Gasteiger partial charge in [-0.2, -0.15) is 4.39 Å². The van der Waals surface area contributed by atoms with Crippen LogP contribution in [0.1, 0.15) is 50.6 Å². The van der Waals surface area contributed by atoms with E-state index >= 15 is 0 Å². The molecule has 2 heterocycles. The first kappa shape index (κ1) is 28.7. The topological polar surface area (TPSA) is 142 Å². The van der Waals surface area contributed by atoms with Crippen LogP contribution in [0.3, 0.4) is 0 Å². The van der Waals surface area contributed by atoms with Crippen molar-refractivity contribution in [2.75, 3.05) is 19.3 Å². The van der Waals surface area contributed by atoms with Crippen LogP contribution in [0, 0.1) is 17.8 Å². The summed E-state index contributed by atoms with van der Waals surface area (Å²) in [4.78, 5) is 53.3. The maximum absolute atomic E-state index is 14.5. The Bertz CT molecular complexity index is 1250. The van der Waals surface area contributed by atoms with Gasteiger partial charge in [-0.25, -0.2) is 8.42 Å². The second-order valence-electron chi connectivity index (χ2n) is 10.7. The Balaban J connectivity index is 1.62. The van der Waals surface area contributed by atoms with Crippen molar-refractivity contribution in [3.63, 3.8) is 0 Å². The lowest BCUT2D eigenvalue weighted by Gasteiger charge is -2.32. The van der Waals surface area contributed by atoms with E-state index < -0.39 is 56.8 Å². The molecule has 0 spiro atoms. The van der Waals surface area contributed by atoms with Crippen LogP contribution in [0.25, 0.3) is 0 Å². The minimum atomic E-state index is -4.15. The molecule has 212 valence electrons. The number of likely N-dealkylation sites (tertiary alicyclic amines) is 1. The van der Waals surface area contributed by atoms with Crippen molar-refractivity contribution >= 4 is 33.5 Å². The summed E-state index contributed by atoms with van der Waals surface area (Å²) < 4.78 is 38.1. The average molecular weight is 563 g/mol. The summed E-state index contributed by atoms with van der Waals surface area (Å²) >= 11 is 0. The molecule has 39 heavy (non-hydrogen) atoms. The standard InChI is InChI=1S/C27H35FN4O6S/c1-16(33)30-23(17-7-4-3-5-8-17)27(36)32-15-19-9-6-10-21(19)24(32)26(35)31-20(14-22(28)39(2,37)38)13-18-11-12-29-25(18)34/h3-5,7-8,14,18-21,23-24H,6,9-13,15H2,1-2H3,(H,29,34)(H,30,33)(H,31,35)/b22-14-/t18-,19-,20+,21-,23-,24-/m0/s1. The molecule has 0 bridgehead atoms. The zero-order valence-electron chi connectivity index (χ0n) is 22.1. The number of amides is 4. The number of nitrogens with one attached hydrogen (secondary N) is 3. The summed E-state index contributed by atoms with van der Waals surface area (Å²) in [6, 6.07) is 5.83. The van der Waals surface area contributed by atoms with Crippen LogP contribution in [0.2, 0.25) is 0 Å². The molecule has 0 radical (unpaired) electrons. The van der Waals surface area contributed by atoms with Crippen LogP contribution in [0.5, 0.6) is 0 Å². The number of hydrogen-bond donors (Lipinski definition) is 3. The highest BCUT2D eigenvalue weighted by molar-refractivity contribution is 7.94. The third-order valence-electron chi connectivity index (χ3n) is 7.88. The van der Waals surface area contributed by atoms with Crippen LogP contribution in [-0.4, -0.2) is 68.4 Å². The van der Waals surface area contributed by atoms with Gasteiger partial charge >= 0.3 is 0 Å². The van der Waals surface area contributed by atoms with Crippen LogP contribution in [0.4, 0.5) is 4.39 Å². The summed E-state index contributed by atoms with van der Waals surface area (Å²) in [7, 11) is -4.15. The Morgan fingerprint density at radius 1 is 1.15 bits per heavy atom. The first-order valence-corrected chi connectivity index (χ1v) is 15.1. The fraction of sp³-hybridized carbons (Fsp3) is 0.556. The largest absolute Gasteiger partial charge is 0.356 e. The highest BCUT2D eigenvalue weighted by Gasteiger charge is 2.51. The van der Waals surface area contributed by atoms with E-state index in [0.29, 0.717) is 25.1 Å². The predicted octanol–water partition coefficient (Wildman–Crippen LogP) is 1.36. The molecule has 1 aliphatic carbocycles. The van der Waals surface area contributed by atoms with E-state index in [1.54, 1.807) is 30.3 Å². The van der Waals surface area contributed by atoms with E-state index in [9.17, 15) is 32.0 Å². The lowest BCUT2D eigenvalue weighted by atomic mass is 9.92. The molecule has 3 aliphatic rings. The van der Waals surface area contributed by atoms with Gasteiger partial charge in [0.15, 0.2) is 0 Å². The van der Waals surface area contributed by atoms with Crippen molar-refractivity contribution in [3.05, 3.63) is 47.1 Å². The number of carbonyl (C=O) groups is 4. The monoisotopic (exact) mass is 562 g/mol. The lowest BCUT2D eigenvalue weighted by molar-refractivity contribution is -0.142. The van der Waals surface area contributed by atoms with Gasteiger partial charge in [0.05, 0.1) is 6.04 Å². The molecule has 1 aromatic rings. The van der Waals surface area contributed by atoms with E-state index in [2.05, 4.69) is 16.0 Å². The van der Waals surface area contributed by atoms with Crippen molar-refractivity contribution in [2.45, 2.75) is 57.2 Å². The number of fused-ring (bicyclic) bond motifs is 1. The van der Waals surface area contributed by atoms with Crippen LogP contribution in [0.15, 0.2) is 41.6 Å². The molecule has 2 aliphatic heterocycles. The Morgan fingerprint density at radius 2 is 1.87 bits per heavy atom. The van der Waals surface area contributed by atoms with Gasteiger partial charge in [0.25, 0.3) is 5.91 Å². The first-order chi connectivity index (χ1) is 18.5. The smallest absolute Gasteiger partial charge is 0.250 e. The molecule has 0 aromatic heterocycles. The van der Waals surface area contributed by atoms with Gasteiger partial charge in [0.1, 0.15) is 12.1 Å². The molecule has 3 fully saturated rings. The third-order valence-corrected chi connectivity index (χ3v) is 8.73. The van der Waals surface area contributed by atoms with Crippen LogP contribution >= 0.6 is 0 Å². The normalized spacial score (nSPS) is 26.5. The molecule has 12 heteroatoms. The molecule has 4 amide bonds. The highest BCUT2D eigenvalue weighted by Crippen LogP contribution is 2.43. The van der Waals surface area contributed by atoms with Gasteiger partial charge in [-0.15, -0.1) is 0 Å². The number of hydrogen-bond acceptors (Lipinski definition) is 6. The third kappa shape index (κ3) is 6.66. The maximum atomic E-state index is 14.5. The number of halogens is 1. The van der Waals surface area contributed by atoms with Crippen molar-refractivity contribution in [2.24, 2.45) is 17.8 Å². The Kier molecular flexibility index (Phi) is 8.73. The number of rotatable bonds is 9. The van der Waals surface area contributed by atoms with E-state index in [-0.39, 0.29) is 24.2 Å². The Labute approximate surface area is 227 Å².